The number of hydrogen-bond acceptors (Lipinski definition) is 4. The molecule has 7 nitrogen and oxygen atoms in total. The maximum atomic E-state index is 12.1. The fourth-order valence-electron chi connectivity index (χ4n) is 1.72. The molecule has 0 aliphatic rings. The number of nitrogens with zero attached hydrogens (tertiary/aromatic N) is 2. The summed E-state index contributed by atoms with van der Waals surface area (Å²) in [5, 5.41) is 6.08. The lowest BCUT2D eigenvalue weighted by atomic mass is 10.2. The number of sulfonamides is 1. The van der Waals surface area contributed by atoms with Crippen molar-refractivity contribution in [3.05, 3.63) is 42.2 Å². The Hall–Kier alpha value is -2.35. The molecule has 2 rings (SSSR count). The third-order valence-corrected chi connectivity index (χ3v) is 4.27. The summed E-state index contributed by atoms with van der Waals surface area (Å²) >= 11 is 0. The quantitative estimate of drug-likeness (QED) is 0.867. The van der Waals surface area contributed by atoms with Crippen LogP contribution in [0.25, 0.3) is 0 Å². The number of aromatic amines is 1. The highest BCUT2D eigenvalue weighted by Crippen LogP contribution is 2.17. The number of carbonyl (C=O) groups is 1. The molecule has 0 spiro atoms. The van der Waals surface area contributed by atoms with Crippen molar-refractivity contribution in [1.29, 1.82) is 0 Å². The van der Waals surface area contributed by atoms with Crippen molar-refractivity contribution in [3.63, 3.8) is 0 Å². The third kappa shape index (κ3) is 3.82. The van der Waals surface area contributed by atoms with E-state index in [0.717, 1.165) is 5.56 Å². The molecule has 0 saturated carbocycles. The van der Waals surface area contributed by atoms with E-state index in [9.17, 15) is 13.2 Å². The molecule has 2 N–H and O–H groups in total. The molecular formula is C13H16N4O3S. The summed E-state index contributed by atoms with van der Waals surface area (Å²) in [4.78, 5) is 12.8. The van der Waals surface area contributed by atoms with Crippen LogP contribution in [0.5, 0.6) is 0 Å². The summed E-state index contributed by atoms with van der Waals surface area (Å²) in [5.41, 5.74) is 1.27. The normalized spacial score (nSPS) is 11.1. The Bertz CT molecular complexity index is 726. The first-order valence-corrected chi connectivity index (χ1v) is 7.69. The van der Waals surface area contributed by atoms with Crippen LogP contribution in [0.4, 0.5) is 5.69 Å². The molecular weight excluding hydrogens is 292 g/mol. The minimum Gasteiger partial charge on any atom is -0.342 e. The lowest BCUT2D eigenvalue weighted by molar-refractivity contribution is -0.128. The molecule has 1 amide bonds. The highest BCUT2D eigenvalue weighted by atomic mass is 32.2. The van der Waals surface area contributed by atoms with Crippen LogP contribution in [0, 0.1) is 0 Å². The summed E-state index contributed by atoms with van der Waals surface area (Å²) in [6.07, 6.45) is 2.53. The van der Waals surface area contributed by atoms with Crippen LogP contribution in [0.2, 0.25) is 0 Å². The van der Waals surface area contributed by atoms with Gasteiger partial charge in [0, 0.05) is 32.4 Å². The van der Waals surface area contributed by atoms with E-state index < -0.39 is 10.0 Å². The Labute approximate surface area is 123 Å². The predicted octanol–water partition coefficient (Wildman–Crippen LogP) is 1.19. The number of benzene rings is 1. The number of hydrogen-bond donors (Lipinski definition) is 2. The predicted molar refractivity (Wildman–Crippen MR) is 78.0 cm³/mol. The fraction of sp³-hybridized carbons (Fsp3) is 0.231. The molecule has 0 atom stereocenters. The Morgan fingerprint density at radius 2 is 2.19 bits per heavy atom. The van der Waals surface area contributed by atoms with Crippen LogP contribution >= 0.6 is 0 Å². The van der Waals surface area contributed by atoms with Crippen molar-refractivity contribution in [2.45, 2.75) is 18.4 Å². The zero-order valence-corrected chi connectivity index (χ0v) is 12.5. The van der Waals surface area contributed by atoms with Crippen LogP contribution in [0.3, 0.4) is 0 Å². The smallest absolute Gasteiger partial charge is 0.265 e. The first-order chi connectivity index (χ1) is 9.88. The van der Waals surface area contributed by atoms with E-state index >= 15 is 0 Å². The van der Waals surface area contributed by atoms with Gasteiger partial charge >= 0.3 is 0 Å². The van der Waals surface area contributed by atoms with Gasteiger partial charge < -0.3 is 4.90 Å². The molecule has 2 aromatic rings. The summed E-state index contributed by atoms with van der Waals surface area (Å²) in [6, 6.07) is 6.90. The molecule has 1 aromatic heterocycles. The number of amides is 1. The third-order valence-electron chi connectivity index (χ3n) is 2.92. The van der Waals surface area contributed by atoms with E-state index in [2.05, 4.69) is 14.9 Å². The zero-order valence-electron chi connectivity index (χ0n) is 11.7. The topological polar surface area (TPSA) is 95.2 Å². The molecule has 0 aliphatic carbocycles. The van der Waals surface area contributed by atoms with E-state index in [4.69, 9.17) is 0 Å². The molecule has 0 unspecified atom stereocenters. The van der Waals surface area contributed by atoms with E-state index in [1.54, 1.807) is 30.1 Å². The Kier molecular flexibility index (Phi) is 4.27. The summed E-state index contributed by atoms with van der Waals surface area (Å²) in [6.45, 7) is 1.89. The molecule has 8 heteroatoms. The highest BCUT2D eigenvalue weighted by Gasteiger charge is 2.15. The number of rotatable bonds is 5. The maximum absolute atomic E-state index is 12.1. The summed E-state index contributed by atoms with van der Waals surface area (Å²) in [7, 11) is -1.97. The molecule has 0 radical (unpaired) electrons. The summed E-state index contributed by atoms with van der Waals surface area (Å²) < 4.78 is 26.6. The SMILES string of the molecule is CC(=O)N(C)Cc1cccc(NS(=O)(=O)c2cn[nH]c2)c1. The van der Waals surface area contributed by atoms with Gasteiger partial charge in [0.05, 0.1) is 6.20 Å². The van der Waals surface area contributed by atoms with E-state index in [1.807, 2.05) is 6.07 Å². The monoisotopic (exact) mass is 308 g/mol. The molecule has 1 heterocycles. The van der Waals surface area contributed by atoms with Crippen LogP contribution < -0.4 is 4.72 Å². The fourth-order valence-corrected chi connectivity index (χ4v) is 2.67. The van der Waals surface area contributed by atoms with Crippen molar-refractivity contribution in [2.24, 2.45) is 0 Å². The van der Waals surface area contributed by atoms with Gasteiger partial charge in [-0.15, -0.1) is 0 Å². The average molecular weight is 308 g/mol. The molecule has 112 valence electrons. The Balaban J connectivity index is 2.17. The van der Waals surface area contributed by atoms with E-state index in [1.165, 1.54) is 19.3 Å². The molecule has 0 bridgehead atoms. The average Bonchev–Trinajstić information content (AvgIpc) is 2.93. The minimum atomic E-state index is -3.66. The second kappa shape index (κ2) is 5.96. The van der Waals surface area contributed by atoms with Gasteiger partial charge in [-0.2, -0.15) is 5.10 Å². The summed E-state index contributed by atoms with van der Waals surface area (Å²) in [5.74, 6) is -0.0561. The number of carbonyl (C=O) groups excluding carboxylic acids is 1. The van der Waals surface area contributed by atoms with Gasteiger partial charge in [-0.25, -0.2) is 8.42 Å². The molecule has 1 aromatic carbocycles. The maximum Gasteiger partial charge on any atom is 0.265 e. The van der Waals surface area contributed by atoms with Crippen molar-refractivity contribution >= 4 is 21.6 Å². The van der Waals surface area contributed by atoms with Crippen LogP contribution in [-0.2, 0) is 21.4 Å². The van der Waals surface area contributed by atoms with Crippen LogP contribution in [0.1, 0.15) is 12.5 Å². The van der Waals surface area contributed by atoms with Gasteiger partial charge in [-0.1, -0.05) is 12.1 Å². The molecule has 0 fully saturated rings. The number of anilines is 1. The molecule has 0 aliphatic heterocycles. The number of nitrogens with one attached hydrogen (secondary N) is 2. The zero-order chi connectivity index (χ0) is 15.5. The van der Waals surface area contributed by atoms with Crippen molar-refractivity contribution in [3.8, 4) is 0 Å². The highest BCUT2D eigenvalue weighted by molar-refractivity contribution is 7.92. The second-order valence-electron chi connectivity index (χ2n) is 4.61. The number of H-pyrrole nitrogens is 1. The number of aromatic nitrogens is 2. The minimum absolute atomic E-state index is 0.0561. The van der Waals surface area contributed by atoms with Gasteiger partial charge in [-0.3, -0.25) is 14.6 Å². The molecule has 0 saturated heterocycles. The first kappa shape index (κ1) is 15.0. The second-order valence-corrected chi connectivity index (χ2v) is 6.30. The Morgan fingerprint density at radius 1 is 1.43 bits per heavy atom. The van der Waals surface area contributed by atoms with Crippen LogP contribution in [-0.4, -0.2) is 36.5 Å². The van der Waals surface area contributed by atoms with Crippen molar-refractivity contribution < 1.29 is 13.2 Å². The van der Waals surface area contributed by atoms with Gasteiger partial charge in [-0.05, 0) is 17.7 Å². The largest absolute Gasteiger partial charge is 0.342 e. The standard InChI is InChI=1S/C13H16N4O3S/c1-10(18)17(2)9-11-4-3-5-12(6-11)16-21(19,20)13-7-14-15-8-13/h3-8,16H,9H2,1-2H3,(H,14,15). The van der Waals surface area contributed by atoms with Crippen molar-refractivity contribution in [1.82, 2.24) is 15.1 Å². The van der Waals surface area contributed by atoms with Gasteiger partial charge in [0.1, 0.15) is 4.90 Å². The van der Waals surface area contributed by atoms with Gasteiger partial charge in [0.25, 0.3) is 10.0 Å². The van der Waals surface area contributed by atoms with E-state index in [0.29, 0.717) is 12.2 Å². The lowest BCUT2D eigenvalue weighted by Crippen LogP contribution is -2.23. The Morgan fingerprint density at radius 3 is 2.81 bits per heavy atom. The van der Waals surface area contributed by atoms with E-state index in [-0.39, 0.29) is 10.8 Å². The lowest BCUT2D eigenvalue weighted by Gasteiger charge is -2.15. The first-order valence-electron chi connectivity index (χ1n) is 6.21. The van der Waals surface area contributed by atoms with Gasteiger partial charge in [0.15, 0.2) is 0 Å². The van der Waals surface area contributed by atoms with Crippen molar-refractivity contribution in [2.75, 3.05) is 11.8 Å². The van der Waals surface area contributed by atoms with Gasteiger partial charge in [0.2, 0.25) is 5.91 Å². The molecule has 21 heavy (non-hydrogen) atoms. The van der Waals surface area contributed by atoms with Crippen LogP contribution in [0.15, 0.2) is 41.6 Å².